The Balaban J connectivity index is -0.000000328. The van der Waals surface area contributed by atoms with Crippen LogP contribution < -0.4 is 0 Å². The van der Waals surface area contributed by atoms with Crippen LogP contribution in [-0.4, -0.2) is 4.57 Å². The summed E-state index contributed by atoms with van der Waals surface area (Å²) in [6.45, 7) is 25.8. The molecule has 0 aliphatic carbocycles. The Morgan fingerprint density at radius 2 is 1.28 bits per heavy atom. The summed E-state index contributed by atoms with van der Waals surface area (Å²) in [5, 5.41) is 0. The van der Waals surface area contributed by atoms with Gasteiger partial charge in [0.1, 0.15) is 0 Å². The van der Waals surface area contributed by atoms with E-state index in [1.54, 1.807) is 0 Å². The number of rotatable bonds is 2. The Morgan fingerprint density at radius 1 is 0.889 bits per heavy atom. The molecule has 1 nitrogen and oxygen atoms in total. The van der Waals surface area contributed by atoms with Crippen molar-refractivity contribution in [3.05, 3.63) is 48.8 Å². The maximum Gasteiger partial charge on any atom is 0.0476 e. The van der Waals surface area contributed by atoms with E-state index in [0.717, 1.165) is 5.69 Å². The van der Waals surface area contributed by atoms with Gasteiger partial charge in [0, 0.05) is 24.0 Å². The molecule has 0 bridgehead atoms. The molecule has 1 aromatic heterocycles. The molecular weight excluding hydrogens is 218 g/mol. The first kappa shape index (κ1) is 21.8. The lowest BCUT2D eigenvalue weighted by Crippen LogP contribution is -1.93. The van der Waals surface area contributed by atoms with Crippen LogP contribution in [0.2, 0.25) is 0 Å². The van der Waals surface area contributed by atoms with Gasteiger partial charge in [0.05, 0.1) is 0 Å². The Labute approximate surface area is 115 Å². The summed E-state index contributed by atoms with van der Waals surface area (Å²) in [6.07, 6.45) is 3.76. The standard InChI is InChI=1S/C11H15N.2C2H6.C2H4/c1-6-10-8(3)9(4)12(5)11(10)7-2;3*1-2/h6-7H,1-2H2,3-5H3;2*1-2H3;1-2H2. The molecule has 0 radical (unpaired) electrons. The molecule has 0 atom stereocenters. The van der Waals surface area contributed by atoms with Crippen molar-refractivity contribution in [2.75, 3.05) is 0 Å². The molecule has 18 heavy (non-hydrogen) atoms. The van der Waals surface area contributed by atoms with Gasteiger partial charge in [0.15, 0.2) is 0 Å². The van der Waals surface area contributed by atoms with E-state index in [2.05, 4.69) is 44.7 Å². The average molecular weight is 249 g/mol. The SMILES string of the molecule is C=C.C=Cc1c(C)c(C)n(C)c1C=C.CC.CC. The Morgan fingerprint density at radius 3 is 1.50 bits per heavy atom. The smallest absolute Gasteiger partial charge is 0.0476 e. The van der Waals surface area contributed by atoms with E-state index in [0.29, 0.717) is 0 Å². The van der Waals surface area contributed by atoms with E-state index >= 15 is 0 Å². The molecule has 0 fully saturated rings. The zero-order valence-corrected chi connectivity index (χ0v) is 13.4. The summed E-state index contributed by atoms with van der Waals surface area (Å²) < 4.78 is 2.14. The quantitative estimate of drug-likeness (QED) is 0.585. The molecule has 0 unspecified atom stereocenters. The van der Waals surface area contributed by atoms with Crippen molar-refractivity contribution in [2.24, 2.45) is 7.05 Å². The van der Waals surface area contributed by atoms with Gasteiger partial charge < -0.3 is 4.57 Å². The highest BCUT2D eigenvalue weighted by Crippen LogP contribution is 2.22. The molecule has 1 rings (SSSR count). The average Bonchev–Trinajstić information content (AvgIpc) is 2.68. The van der Waals surface area contributed by atoms with Crippen LogP contribution >= 0.6 is 0 Å². The fraction of sp³-hybridized carbons (Fsp3) is 0.412. The molecular formula is C17H31N. The molecule has 0 aliphatic heterocycles. The van der Waals surface area contributed by atoms with Crippen LogP contribution in [0.4, 0.5) is 0 Å². The number of hydrogen-bond acceptors (Lipinski definition) is 0. The van der Waals surface area contributed by atoms with E-state index in [1.807, 2.05) is 46.9 Å². The van der Waals surface area contributed by atoms with Crippen LogP contribution in [0.25, 0.3) is 12.2 Å². The van der Waals surface area contributed by atoms with Crippen molar-refractivity contribution in [1.82, 2.24) is 4.57 Å². The van der Waals surface area contributed by atoms with Gasteiger partial charge in [-0.3, -0.25) is 0 Å². The Bertz CT molecular complexity index is 311. The minimum atomic E-state index is 1.15. The van der Waals surface area contributed by atoms with E-state index in [1.165, 1.54) is 16.8 Å². The zero-order chi connectivity index (χ0) is 15.3. The molecule has 1 heteroatoms. The van der Waals surface area contributed by atoms with Crippen molar-refractivity contribution in [2.45, 2.75) is 41.5 Å². The lowest BCUT2D eigenvalue weighted by molar-refractivity contribution is 0.866. The zero-order valence-electron chi connectivity index (χ0n) is 13.4. The van der Waals surface area contributed by atoms with Crippen molar-refractivity contribution in [3.63, 3.8) is 0 Å². The minimum Gasteiger partial charge on any atom is -0.348 e. The van der Waals surface area contributed by atoms with E-state index in [9.17, 15) is 0 Å². The van der Waals surface area contributed by atoms with Crippen LogP contribution in [0.1, 0.15) is 50.2 Å². The van der Waals surface area contributed by atoms with E-state index in [4.69, 9.17) is 0 Å². The molecule has 0 saturated heterocycles. The van der Waals surface area contributed by atoms with Crippen molar-refractivity contribution >= 4 is 12.2 Å². The largest absolute Gasteiger partial charge is 0.348 e. The monoisotopic (exact) mass is 249 g/mol. The minimum absolute atomic E-state index is 1.15. The second kappa shape index (κ2) is 13.6. The first-order chi connectivity index (χ1) is 8.63. The number of nitrogens with zero attached hydrogens (tertiary/aromatic N) is 1. The lowest BCUT2D eigenvalue weighted by atomic mass is 10.1. The van der Waals surface area contributed by atoms with E-state index < -0.39 is 0 Å². The molecule has 104 valence electrons. The summed E-state index contributed by atoms with van der Waals surface area (Å²) >= 11 is 0. The summed E-state index contributed by atoms with van der Waals surface area (Å²) in [7, 11) is 2.05. The molecule has 0 saturated carbocycles. The summed E-state index contributed by atoms with van der Waals surface area (Å²) in [5.74, 6) is 0. The molecule has 0 aromatic carbocycles. The van der Waals surface area contributed by atoms with Gasteiger partial charge in [-0.15, -0.1) is 13.2 Å². The van der Waals surface area contributed by atoms with E-state index in [-0.39, 0.29) is 0 Å². The van der Waals surface area contributed by atoms with Gasteiger partial charge in [-0.25, -0.2) is 0 Å². The van der Waals surface area contributed by atoms with Gasteiger partial charge in [0.2, 0.25) is 0 Å². The third-order valence-corrected chi connectivity index (χ3v) is 2.48. The second-order valence-corrected chi connectivity index (χ2v) is 2.98. The second-order valence-electron chi connectivity index (χ2n) is 2.98. The predicted octanol–water partition coefficient (Wildman–Crippen LogP) is 5.78. The van der Waals surface area contributed by atoms with Crippen molar-refractivity contribution < 1.29 is 0 Å². The highest BCUT2D eigenvalue weighted by molar-refractivity contribution is 5.66. The highest BCUT2D eigenvalue weighted by atomic mass is 15.0. The Kier molecular flexibility index (Phi) is 16.4. The number of aromatic nitrogens is 1. The molecule has 0 aliphatic rings. The first-order valence-electron chi connectivity index (χ1n) is 6.54. The molecule has 0 spiro atoms. The molecule has 1 heterocycles. The van der Waals surface area contributed by atoms with Crippen molar-refractivity contribution in [1.29, 1.82) is 0 Å². The van der Waals surface area contributed by atoms with Gasteiger partial charge in [-0.05, 0) is 25.5 Å². The highest BCUT2D eigenvalue weighted by Gasteiger charge is 2.09. The maximum atomic E-state index is 3.79. The van der Waals surface area contributed by atoms with Gasteiger partial charge in [0.25, 0.3) is 0 Å². The van der Waals surface area contributed by atoms with Gasteiger partial charge in [-0.1, -0.05) is 46.9 Å². The van der Waals surface area contributed by atoms with Crippen LogP contribution in [0, 0.1) is 13.8 Å². The Hall–Kier alpha value is -1.50. The topological polar surface area (TPSA) is 4.93 Å². The fourth-order valence-electron chi connectivity index (χ4n) is 1.50. The number of hydrogen-bond donors (Lipinski definition) is 0. The summed E-state index contributed by atoms with van der Waals surface area (Å²) in [6, 6.07) is 0. The third kappa shape index (κ3) is 5.22. The molecule has 0 amide bonds. The fourth-order valence-corrected chi connectivity index (χ4v) is 1.50. The van der Waals surface area contributed by atoms with Crippen LogP contribution in [0.5, 0.6) is 0 Å². The first-order valence-corrected chi connectivity index (χ1v) is 6.54. The van der Waals surface area contributed by atoms with Crippen LogP contribution in [0.3, 0.4) is 0 Å². The van der Waals surface area contributed by atoms with Gasteiger partial charge in [-0.2, -0.15) is 0 Å². The van der Waals surface area contributed by atoms with Crippen LogP contribution in [-0.2, 0) is 7.05 Å². The van der Waals surface area contributed by atoms with Gasteiger partial charge >= 0.3 is 0 Å². The summed E-state index contributed by atoms with van der Waals surface area (Å²) in [4.78, 5) is 0. The maximum absolute atomic E-state index is 3.79. The third-order valence-electron chi connectivity index (χ3n) is 2.48. The lowest BCUT2D eigenvalue weighted by Gasteiger charge is -1.99. The molecule has 0 N–H and O–H groups in total. The predicted molar refractivity (Wildman–Crippen MR) is 89.0 cm³/mol. The normalized spacial score (nSPS) is 7.50. The molecule has 1 aromatic rings. The summed E-state index contributed by atoms with van der Waals surface area (Å²) in [5.41, 5.74) is 4.92. The van der Waals surface area contributed by atoms with Crippen LogP contribution in [0.15, 0.2) is 26.3 Å². The van der Waals surface area contributed by atoms with Crippen molar-refractivity contribution in [3.8, 4) is 0 Å².